The SMILES string of the molecule is CCCCC(NC(=O)[C@]1(NC(=O)C(Cc2ccccc2)NC(=O)C(CCCN)NC(=O)[C@@H](N)CCC(N)=O)CC1O)C(=O)O. The lowest BCUT2D eigenvalue weighted by Crippen LogP contribution is -2.60. The number of benzene rings is 1. The van der Waals surface area contributed by atoms with E-state index in [-0.39, 0.29) is 45.1 Å². The summed E-state index contributed by atoms with van der Waals surface area (Å²) in [4.78, 5) is 75.5. The molecule has 6 atom stereocenters. The normalized spacial score (nSPS) is 19.9. The van der Waals surface area contributed by atoms with Crippen LogP contribution in [0.25, 0.3) is 0 Å². The van der Waals surface area contributed by atoms with Gasteiger partial charge in [0.25, 0.3) is 0 Å². The largest absolute Gasteiger partial charge is 0.480 e. The molecule has 1 saturated carbocycles. The van der Waals surface area contributed by atoms with Crippen LogP contribution in [0.15, 0.2) is 30.3 Å². The molecule has 1 aromatic carbocycles. The first-order valence-corrected chi connectivity index (χ1v) is 14.8. The van der Waals surface area contributed by atoms with Gasteiger partial charge in [0.15, 0.2) is 0 Å². The van der Waals surface area contributed by atoms with Gasteiger partial charge in [-0.25, -0.2) is 4.79 Å². The minimum absolute atomic E-state index is 0.00383. The van der Waals surface area contributed by atoms with E-state index in [1.165, 1.54) is 0 Å². The van der Waals surface area contributed by atoms with Gasteiger partial charge in [0, 0.05) is 19.3 Å². The fourth-order valence-electron chi connectivity index (χ4n) is 4.57. The molecular formula is C29H45N7O8. The molecule has 0 saturated heterocycles. The van der Waals surface area contributed by atoms with E-state index >= 15 is 0 Å². The zero-order valence-electron chi connectivity index (χ0n) is 24.9. The van der Waals surface area contributed by atoms with Crippen molar-refractivity contribution in [3.8, 4) is 0 Å². The number of nitrogens with one attached hydrogen (secondary N) is 4. The Bertz CT molecular complexity index is 1170. The molecule has 4 unspecified atom stereocenters. The van der Waals surface area contributed by atoms with Crippen LogP contribution in [0, 0.1) is 0 Å². The third-order valence-corrected chi connectivity index (χ3v) is 7.41. The summed E-state index contributed by atoms with van der Waals surface area (Å²) >= 11 is 0. The quantitative estimate of drug-likeness (QED) is 0.0768. The summed E-state index contributed by atoms with van der Waals surface area (Å²) in [6, 6.07) is 4.03. The van der Waals surface area contributed by atoms with Crippen molar-refractivity contribution in [3.63, 3.8) is 0 Å². The molecule has 0 aromatic heterocycles. The second-order valence-electron chi connectivity index (χ2n) is 11.0. The van der Waals surface area contributed by atoms with Crippen LogP contribution >= 0.6 is 0 Å². The summed E-state index contributed by atoms with van der Waals surface area (Å²) in [6.07, 6.45) is 0.327. The Morgan fingerprint density at radius 3 is 2.07 bits per heavy atom. The first-order valence-electron chi connectivity index (χ1n) is 14.8. The molecule has 0 spiro atoms. The zero-order valence-corrected chi connectivity index (χ0v) is 24.9. The summed E-state index contributed by atoms with van der Waals surface area (Å²) in [7, 11) is 0. The van der Waals surface area contributed by atoms with Gasteiger partial charge in [-0.1, -0.05) is 50.1 Å². The van der Waals surface area contributed by atoms with Crippen LogP contribution in [0.3, 0.4) is 0 Å². The Hall–Kier alpha value is -4.08. The molecule has 0 bridgehead atoms. The van der Waals surface area contributed by atoms with Crippen molar-refractivity contribution in [1.82, 2.24) is 21.3 Å². The van der Waals surface area contributed by atoms with Crippen molar-refractivity contribution in [2.45, 2.75) is 101 Å². The predicted molar refractivity (Wildman–Crippen MR) is 159 cm³/mol. The summed E-state index contributed by atoms with van der Waals surface area (Å²) in [5.41, 5.74) is 15.5. The highest BCUT2D eigenvalue weighted by molar-refractivity contribution is 5.99. The van der Waals surface area contributed by atoms with E-state index in [0.717, 1.165) is 0 Å². The van der Waals surface area contributed by atoms with Crippen molar-refractivity contribution in [1.29, 1.82) is 0 Å². The number of amides is 5. The third kappa shape index (κ3) is 10.9. The summed E-state index contributed by atoms with van der Waals surface area (Å²) < 4.78 is 0. The van der Waals surface area contributed by atoms with Crippen molar-refractivity contribution in [2.75, 3.05) is 6.54 Å². The molecule has 0 radical (unpaired) electrons. The number of primary amides is 1. The number of nitrogens with two attached hydrogens (primary N) is 3. The summed E-state index contributed by atoms with van der Waals surface area (Å²) in [5, 5.41) is 30.0. The molecule has 15 nitrogen and oxygen atoms in total. The number of hydrogen-bond acceptors (Lipinski definition) is 9. The van der Waals surface area contributed by atoms with Gasteiger partial charge in [0.2, 0.25) is 29.5 Å². The molecule has 1 aliphatic carbocycles. The molecule has 15 heteroatoms. The van der Waals surface area contributed by atoms with Gasteiger partial charge >= 0.3 is 5.97 Å². The van der Waals surface area contributed by atoms with Crippen molar-refractivity contribution < 1.29 is 39.0 Å². The fraction of sp³-hybridized carbons (Fsp3) is 0.586. The maximum absolute atomic E-state index is 13.6. The number of aliphatic carboxylic acids is 1. The number of unbranched alkanes of at least 4 members (excludes halogenated alkanes) is 1. The number of carbonyl (C=O) groups is 6. The maximum Gasteiger partial charge on any atom is 0.326 e. The second-order valence-corrected chi connectivity index (χ2v) is 11.0. The highest BCUT2D eigenvalue weighted by Gasteiger charge is 2.61. The summed E-state index contributed by atoms with van der Waals surface area (Å²) in [6.45, 7) is 2.09. The van der Waals surface area contributed by atoms with Gasteiger partial charge in [0.1, 0.15) is 23.7 Å². The Morgan fingerprint density at radius 1 is 0.909 bits per heavy atom. The molecule has 5 amide bonds. The van der Waals surface area contributed by atoms with Crippen molar-refractivity contribution >= 4 is 35.5 Å². The van der Waals surface area contributed by atoms with E-state index in [1.54, 1.807) is 30.3 Å². The van der Waals surface area contributed by atoms with Gasteiger partial charge in [-0.3, -0.25) is 24.0 Å². The molecule has 2 rings (SSSR count). The average molecular weight is 620 g/mol. The minimum atomic E-state index is -1.77. The van der Waals surface area contributed by atoms with Gasteiger partial charge in [0.05, 0.1) is 12.1 Å². The van der Waals surface area contributed by atoms with Crippen molar-refractivity contribution in [3.05, 3.63) is 35.9 Å². The third-order valence-electron chi connectivity index (χ3n) is 7.41. The summed E-state index contributed by atoms with van der Waals surface area (Å²) in [5.74, 6) is -4.92. The highest BCUT2D eigenvalue weighted by Crippen LogP contribution is 2.36. The zero-order chi connectivity index (χ0) is 32.9. The lowest BCUT2D eigenvalue weighted by Gasteiger charge is -2.26. The van der Waals surface area contributed by atoms with Crippen LogP contribution in [0.1, 0.15) is 63.9 Å². The number of carbonyl (C=O) groups excluding carboxylic acids is 5. The Kier molecular flexibility index (Phi) is 14.2. The predicted octanol–water partition coefficient (Wildman–Crippen LogP) is -2.09. The van der Waals surface area contributed by atoms with Crippen LogP contribution in [-0.4, -0.2) is 88.1 Å². The molecule has 1 fully saturated rings. The first-order chi connectivity index (χ1) is 20.8. The number of rotatable bonds is 20. The standard InChI is InChI=1S/C29H45N7O8/c1-2-3-10-20(27(42)43)35-28(44)29(16-22(29)37)36-26(41)21(15-17-8-5-4-6-9-17)34-25(40)19(11-7-14-30)33-24(39)18(31)12-13-23(32)38/h4-6,8-9,18-22,37H,2-3,7,10-16,30-31H2,1H3,(H2,32,38)(H,33,39)(H,34,40)(H,35,44)(H,36,41)(H,42,43)/t18-,19?,20?,21?,22?,29-/m0/s1. The number of carboxylic acids is 1. The second kappa shape index (κ2) is 17.3. The number of aliphatic hydroxyl groups is 1. The van der Waals surface area contributed by atoms with Gasteiger partial charge < -0.3 is 48.7 Å². The number of aliphatic hydroxyl groups excluding tert-OH is 1. The van der Waals surface area contributed by atoms with Gasteiger partial charge in [-0.05, 0) is 37.8 Å². The average Bonchev–Trinajstić information content (AvgIpc) is 3.64. The monoisotopic (exact) mass is 619 g/mol. The van der Waals surface area contributed by atoms with Crippen LogP contribution in [0.2, 0.25) is 0 Å². The van der Waals surface area contributed by atoms with Gasteiger partial charge in [-0.15, -0.1) is 0 Å². The Morgan fingerprint density at radius 2 is 1.52 bits per heavy atom. The molecule has 1 aromatic rings. The smallest absolute Gasteiger partial charge is 0.326 e. The molecule has 244 valence electrons. The highest BCUT2D eigenvalue weighted by atomic mass is 16.4. The molecule has 44 heavy (non-hydrogen) atoms. The van der Waals surface area contributed by atoms with E-state index in [4.69, 9.17) is 17.2 Å². The minimum Gasteiger partial charge on any atom is -0.480 e. The van der Waals surface area contributed by atoms with E-state index in [2.05, 4.69) is 21.3 Å². The number of carboxylic acid groups (broad SMARTS) is 1. The molecule has 1 aliphatic rings. The molecule has 0 aliphatic heterocycles. The van der Waals surface area contributed by atoms with E-state index < -0.39 is 71.3 Å². The Labute approximate surface area is 256 Å². The fourth-order valence-corrected chi connectivity index (χ4v) is 4.57. The van der Waals surface area contributed by atoms with Crippen molar-refractivity contribution in [2.24, 2.45) is 17.2 Å². The maximum atomic E-state index is 13.6. The number of hydrogen-bond donors (Lipinski definition) is 9. The van der Waals surface area contributed by atoms with Crippen LogP contribution < -0.4 is 38.5 Å². The first kappa shape index (κ1) is 36.1. The lowest BCUT2D eigenvalue weighted by atomic mass is 10.0. The lowest BCUT2D eigenvalue weighted by molar-refractivity contribution is -0.143. The van der Waals surface area contributed by atoms with Crippen LogP contribution in [0.5, 0.6) is 0 Å². The molecular weight excluding hydrogens is 574 g/mol. The van der Waals surface area contributed by atoms with Crippen LogP contribution in [0.4, 0.5) is 0 Å². The van der Waals surface area contributed by atoms with E-state index in [1.807, 2.05) is 6.92 Å². The Balaban J connectivity index is 2.24. The molecule has 0 heterocycles. The van der Waals surface area contributed by atoms with E-state index in [9.17, 15) is 39.0 Å². The van der Waals surface area contributed by atoms with Crippen LogP contribution in [-0.2, 0) is 35.2 Å². The van der Waals surface area contributed by atoms with E-state index in [0.29, 0.717) is 24.8 Å². The molecule has 12 N–H and O–H groups in total. The van der Waals surface area contributed by atoms with Gasteiger partial charge in [-0.2, -0.15) is 0 Å². The topological polar surface area (TPSA) is 269 Å².